The molecule has 0 fully saturated rings. The second-order valence-corrected chi connectivity index (χ2v) is 6.44. The molecule has 0 heterocycles. The molecular weight excluding hydrogens is 465 g/mol. The van der Waals surface area contributed by atoms with Crippen LogP contribution in [0.25, 0.3) is 0 Å². The maximum atomic E-state index is 14.4. The van der Waals surface area contributed by atoms with Crippen LogP contribution in [0.3, 0.4) is 0 Å². The second kappa shape index (κ2) is 12.3. The number of ether oxygens (including phenoxy) is 1. The summed E-state index contributed by atoms with van der Waals surface area (Å²) >= 11 is 0. The monoisotopic (exact) mass is 486 g/mol. The maximum absolute atomic E-state index is 14.4. The molecule has 1 N–H and O–H groups in total. The van der Waals surface area contributed by atoms with Gasteiger partial charge in [0.25, 0.3) is 0 Å². The quantitative estimate of drug-likeness (QED) is 0.170. The minimum atomic E-state index is -5.19. The van der Waals surface area contributed by atoms with Crippen LogP contribution in [0.1, 0.15) is 0 Å². The van der Waals surface area contributed by atoms with Crippen molar-refractivity contribution in [2.24, 2.45) is 0 Å². The maximum Gasteiger partial charge on any atom is 0.573 e. The normalized spacial score (nSPS) is 13.1. The van der Waals surface area contributed by atoms with E-state index in [4.69, 9.17) is 5.11 Å². The first-order chi connectivity index (χ1) is 15.4. The Balaban J connectivity index is 5.49. The first kappa shape index (κ1) is 30.0. The molecule has 0 aliphatic rings. The van der Waals surface area contributed by atoms with Crippen LogP contribution in [0.2, 0.25) is 0 Å². The standard InChI is InChI=1S/C25H21F7O2/c1-13(17(5)21(26)10-14(2)19(7)23(28)12-16(4)33)9-22(27)18(6)15(3)11-24(29)20(8)34-25(30,31)32/h9-12,33H,1-8H2/b21-10+,22-9+,23-12+,24-11+. The average Bonchev–Trinajstić information content (AvgIpc) is 2.69. The Labute approximate surface area is 192 Å². The molecular formula is C25H21F7O2. The second-order valence-electron chi connectivity index (χ2n) is 6.44. The fourth-order valence-corrected chi connectivity index (χ4v) is 1.86. The number of hydrogen-bond donors (Lipinski definition) is 1. The molecule has 0 unspecified atom stereocenters. The van der Waals surface area contributed by atoms with Gasteiger partial charge >= 0.3 is 6.36 Å². The Morgan fingerprint density at radius 3 is 1.15 bits per heavy atom. The van der Waals surface area contributed by atoms with E-state index in [1.165, 1.54) is 0 Å². The van der Waals surface area contributed by atoms with Gasteiger partial charge in [-0.1, -0.05) is 52.6 Å². The van der Waals surface area contributed by atoms with Crippen molar-refractivity contribution in [1.82, 2.24) is 0 Å². The zero-order chi connectivity index (χ0) is 27.0. The topological polar surface area (TPSA) is 29.5 Å². The number of allylic oxidation sites excluding steroid dienone is 14. The summed E-state index contributed by atoms with van der Waals surface area (Å²) in [5.74, 6) is -6.88. The van der Waals surface area contributed by atoms with Gasteiger partial charge in [0.1, 0.15) is 23.2 Å². The van der Waals surface area contributed by atoms with Gasteiger partial charge < -0.3 is 9.84 Å². The molecule has 0 radical (unpaired) electrons. The van der Waals surface area contributed by atoms with Gasteiger partial charge in [0, 0.05) is 22.8 Å². The van der Waals surface area contributed by atoms with Crippen LogP contribution >= 0.6 is 0 Å². The molecule has 0 aromatic rings. The lowest BCUT2D eigenvalue weighted by atomic mass is 10.0. The molecule has 0 aromatic carbocycles. The molecule has 0 amide bonds. The Morgan fingerprint density at radius 1 is 0.559 bits per heavy atom. The Hall–Kier alpha value is -4.01. The van der Waals surface area contributed by atoms with E-state index in [0.29, 0.717) is 18.2 Å². The van der Waals surface area contributed by atoms with Crippen molar-refractivity contribution in [3.8, 4) is 0 Å². The lowest BCUT2D eigenvalue weighted by Crippen LogP contribution is -2.12. The van der Waals surface area contributed by atoms with Crippen LogP contribution in [-0.4, -0.2) is 11.5 Å². The zero-order valence-corrected chi connectivity index (χ0v) is 18.0. The predicted octanol–water partition coefficient (Wildman–Crippen LogP) is 8.86. The largest absolute Gasteiger partial charge is 0.573 e. The Morgan fingerprint density at radius 2 is 0.853 bits per heavy atom. The van der Waals surface area contributed by atoms with E-state index in [1.54, 1.807) is 0 Å². The summed E-state index contributed by atoms with van der Waals surface area (Å²) in [6, 6.07) is 0. The summed E-state index contributed by atoms with van der Waals surface area (Å²) in [5, 5.41) is 8.95. The highest BCUT2D eigenvalue weighted by molar-refractivity contribution is 5.56. The van der Waals surface area contributed by atoms with Crippen LogP contribution in [0, 0.1) is 0 Å². The van der Waals surface area contributed by atoms with Crippen molar-refractivity contribution in [1.29, 1.82) is 0 Å². The molecule has 0 atom stereocenters. The molecule has 34 heavy (non-hydrogen) atoms. The molecule has 0 rings (SSSR count). The summed E-state index contributed by atoms with van der Waals surface area (Å²) in [7, 11) is 0. The minimum Gasteiger partial charge on any atom is -0.508 e. The summed E-state index contributed by atoms with van der Waals surface area (Å²) in [6.07, 6.45) is -2.77. The SMILES string of the molecule is C=C(O)/C=C(/F)C(=C)C(=C)/C=C(/F)C(=C)C(=C)/C=C(/F)C(=C)C(=C)/C=C(/F)C(=C)OC(F)(F)F. The molecule has 0 aromatic heterocycles. The highest BCUT2D eigenvalue weighted by Crippen LogP contribution is 2.29. The van der Waals surface area contributed by atoms with Gasteiger partial charge in [-0.2, -0.15) is 0 Å². The van der Waals surface area contributed by atoms with E-state index in [1.807, 2.05) is 0 Å². The third-order valence-electron chi connectivity index (χ3n) is 3.73. The highest BCUT2D eigenvalue weighted by atomic mass is 19.4. The van der Waals surface area contributed by atoms with Crippen molar-refractivity contribution in [2.75, 3.05) is 0 Å². The van der Waals surface area contributed by atoms with Crippen molar-refractivity contribution < 1.29 is 40.6 Å². The van der Waals surface area contributed by atoms with Crippen LogP contribution in [-0.2, 0) is 4.74 Å². The number of alkyl halides is 3. The van der Waals surface area contributed by atoms with Crippen molar-refractivity contribution >= 4 is 0 Å². The van der Waals surface area contributed by atoms with Crippen molar-refractivity contribution in [3.05, 3.63) is 145 Å². The van der Waals surface area contributed by atoms with Crippen molar-refractivity contribution in [2.45, 2.75) is 6.36 Å². The number of halogens is 7. The van der Waals surface area contributed by atoms with E-state index in [2.05, 4.69) is 57.4 Å². The van der Waals surface area contributed by atoms with Crippen LogP contribution in [0.15, 0.2) is 145 Å². The van der Waals surface area contributed by atoms with Gasteiger partial charge in [-0.15, -0.1) is 13.2 Å². The number of hydrogen-bond acceptors (Lipinski definition) is 2. The van der Waals surface area contributed by atoms with Crippen LogP contribution < -0.4 is 0 Å². The van der Waals surface area contributed by atoms with Crippen LogP contribution in [0.4, 0.5) is 30.7 Å². The number of aliphatic hydroxyl groups is 1. The fourth-order valence-electron chi connectivity index (χ4n) is 1.86. The third-order valence-corrected chi connectivity index (χ3v) is 3.73. The molecule has 0 saturated carbocycles. The first-order valence-electron chi connectivity index (χ1n) is 8.84. The van der Waals surface area contributed by atoms with Crippen LogP contribution in [0.5, 0.6) is 0 Å². The van der Waals surface area contributed by atoms with Gasteiger partial charge in [0.05, 0.1) is 0 Å². The number of rotatable bonds is 12. The minimum absolute atomic E-state index is 0.245. The predicted molar refractivity (Wildman–Crippen MR) is 120 cm³/mol. The Kier molecular flexibility index (Phi) is 10.8. The third kappa shape index (κ3) is 10.1. The summed E-state index contributed by atoms with van der Waals surface area (Å²) in [6.45, 7) is 25.9. The fraction of sp³-hybridized carbons (Fsp3) is 0.0400. The first-order valence-corrected chi connectivity index (χ1v) is 8.84. The molecule has 182 valence electrons. The highest BCUT2D eigenvalue weighted by Gasteiger charge is 2.32. The van der Waals surface area contributed by atoms with E-state index in [0.717, 1.165) is 6.08 Å². The molecule has 0 spiro atoms. The molecule has 9 heteroatoms. The van der Waals surface area contributed by atoms with Gasteiger partial charge in [0.15, 0.2) is 11.6 Å². The smallest absolute Gasteiger partial charge is 0.508 e. The number of aliphatic hydroxyl groups excluding tert-OH is 1. The summed E-state index contributed by atoms with van der Waals surface area (Å²) in [4.78, 5) is 0. The van der Waals surface area contributed by atoms with Crippen molar-refractivity contribution in [3.63, 3.8) is 0 Å². The molecule has 0 bridgehead atoms. The molecule has 0 saturated heterocycles. The van der Waals surface area contributed by atoms with Gasteiger partial charge in [-0.25, -0.2) is 17.6 Å². The van der Waals surface area contributed by atoms with Gasteiger partial charge in [0.2, 0.25) is 0 Å². The average molecular weight is 486 g/mol. The molecule has 0 aliphatic heterocycles. The van der Waals surface area contributed by atoms with E-state index in [-0.39, 0.29) is 16.7 Å². The lowest BCUT2D eigenvalue weighted by molar-refractivity contribution is -0.304. The lowest BCUT2D eigenvalue weighted by Gasteiger charge is -2.10. The summed E-state index contributed by atoms with van der Waals surface area (Å²) < 4.78 is 96.0. The molecule has 0 aliphatic carbocycles. The van der Waals surface area contributed by atoms with E-state index >= 15 is 0 Å². The van der Waals surface area contributed by atoms with Gasteiger partial charge in [-0.05, 0) is 34.9 Å². The summed E-state index contributed by atoms with van der Waals surface area (Å²) in [5.41, 5.74) is -2.45. The van der Waals surface area contributed by atoms with E-state index in [9.17, 15) is 30.7 Å². The van der Waals surface area contributed by atoms with Gasteiger partial charge in [-0.3, -0.25) is 0 Å². The molecule has 2 nitrogen and oxygen atoms in total. The van der Waals surface area contributed by atoms with E-state index < -0.39 is 57.9 Å². The zero-order valence-electron chi connectivity index (χ0n) is 18.0. The Bertz CT molecular complexity index is 1090.